The summed E-state index contributed by atoms with van der Waals surface area (Å²) in [4.78, 5) is 13.1. The van der Waals surface area contributed by atoms with Gasteiger partial charge < -0.3 is 5.32 Å². The maximum Gasteiger partial charge on any atom is 0.254 e. The van der Waals surface area contributed by atoms with Crippen LogP contribution in [-0.4, -0.2) is 5.91 Å². The van der Waals surface area contributed by atoms with Gasteiger partial charge in [-0.05, 0) is 42.5 Å². The molecule has 2 aromatic rings. The van der Waals surface area contributed by atoms with Gasteiger partial charge in [0.1, 0.15) is 5.82 Å². The number of hydrogen-bond acceptors (Lipinski definition) is 2. The standard InChI is InChI=1S/C14H14FNOS/c1-9-10(2)18-8-11(9)7-16-14(17)12-5-3-4-6-13(12)15/h3-6,8H,7H2,1-2H3,(H,16,17). The molecule has 0 saturated heterocycles. The monoisotopic (exact) mass is 263 g/mol. The van der Waals surface area contributed by atoms with E-state index in [4.69, 9.17) is 0 Å². The second-order valence-corrected chi connectivity index (χ2v) is 5.19. The van der Waals surface area contributed by atoms with E-state index in [1.54, 1.807) is 23.5 Å². The number of nitrogens with one attached hydrogen (secondary N) is 1. The Morgan fingerprint density at radius 2 is 2.06 bits per heavy atom. The van der Waals surface area contributed by atoms with Gasteiger partial charge in [-0.1, -0.05) is 12.1 Å². The SMILES string of the molecule is Cc1scc(CNC(=O)c2ccccc2F)c1C. The van der Waals surface area contributed by atoms with Crippen LogP contribution in [-0.2, 0) is 6.54 Å². The topological polar surface area (TPSA) is 29.1 Å². The molecule has 4 heteroatoms. The lowest BCUT2D eigenvalue weighted by molar-refractivity contribution is 0.0947. The fraction of sp³-hybridized carbons (Fsp3) is 0.214. The molecule has 0 bridgehead atoms. The molecule has 94 valence electrons. The number of carbonyl (C=O) groups excluding carboxylic acids is 1. The van der Waals surface area contributed by atoms with Crippen molar-refractivity contribution in [1.82, 2.24) is 5.32 Å². The van der Waals surface area contributed by atoms with E-state index in [2.05, 4.69) is 5.32 Å². The molecule has 2 nitrogen and oxygen atoms in total. The van der Waals surface area contributed by atoms with Crippen LogP contribution in [0.15, 0.2) is 29.6 Å². The van der Waals surface area contributed by atoms with Gasteiger partial charge in [-0.15, -0.1) is 11.3 Å². The maximum atomic E-state index is 13.4. The Morgan fingerprint density at radius 1 is 1.33 bits per heavy atom. The Morgan fingerprint density at radius 3 is 2.67 bits per heavy atom. The van der Waals surface area contributed by atoms with Crippen LogP contribution in [0, 0.1) is 19.7 Å². The smallest absolute Gasteiger partial charge is 0.254 e. The van der Waals surface area contributed by atoms with Crippen molar-refractivity contribution in [2.75, 3.05) is 0 Å². The molecule has 1 aromatic carbocycles. The fourth-order valence-electron chi connectivity index (χ4n) is 1.65. The van der Waals surface area contributed by atoms with Crippen molar-refractivity contribution in [2.24, 2.45) is 0 Å². The second kappa shape index (κ2) is 5.31. The van der Waals surface area contributed by atoms with Crippen molar-refractivity contribution in [1.29, 1.82) is 0 Å². The highest BCUT2D eigenvalue weighted by atomic mass is 32.1. The number of benzene rings is 1. The summed E-state index contributed by atoms with van der Waals surface area (Å²) >= 11 is 1.66. The Labute approximate surface area is 109 Å². The van der Waals surface area contributed by atoms with Crippen LogP contribution in [0.3, 0.4) is 0 Å². The van der Waals surface area contributed by atoms with E-state index < -0.39 is 5.82 Å². The Bertz CT molecular complexity index is 577. The third kappa shape index (κ3) is 2.59. The van der Waals surface area contributed by atoms with Gasteiger partial charge in [0.2, 0.25) is 0 Å². The minimum atomic E-state index is -0.492. The number of thiophene rings is 1. The normalized spacial score (nSPS) is 10.4. The summed E-state index contributed by atoms with van der Waals surface area (Å²) in [5.74, 6) is -0.871. The highest BCUT2D eigenvalue weighted by Crippen LogP contribution is 2.20. The highest BCUT2D eigenvalue weighted by molar-refractivity contribution is 7.10. The zero-order valence-corrected chi connectivity index (χ0v) is 11.1. The van der Waals surface area contributed by atoms with E-state index in [0.717, 1.165) is 5.56 Å². The molecule has 0 spiro atoms. The molecule has 0 aliphatic heterocycles. The van der Waals surface area contributed by atoms with Crippen LogP contribution >= 0.6 is 11.3 Å². The number of halogens is 1. The largest absolute Gasteiger partial charge is 0.348 e. The van der Waals surface area contributed by atoms with Crippen LogP contribution in [0.5, 0.6) is 0 Å². The van der Waals surface area contributed by atoms with Gasteiger partial charge in [0.25, 0.3) is 5.91 Å². The molecule has 0 atom stereocenters. The molecule has 0 aliphatic rings. The predicted octanol–water partition coefficient (Wildman–Crippen LogP) is 3.43. The summed E-state index contributed by atoms with van der Waals surface area (Å²) in [6.07, 6.45) is 0. The van der Waals surface area contributed by atoms with Crippen LogP contribution < -0.4 is 5.32 Å². The van der Waals surface area contributed by atoms with Crippen LogP contribution in [0.1, 0.15) is 26.4 Å². The summed E-state index contributed by atoms with van der Waals surface area (Å²) in [5.41, 5.74) is 2.36. The quantitative estimate of drug-likeness (QED) is 0.903. The number of hydrogen-bond donors (Lipinski definition) is 1. The first kappa shape index (κ1) is 12.8. The number of amides is 1. The van der Waals surface area contributed by atoms with E-state index in [1.807, 2.05) is 19.2 Å². The highest BCUT2D eigenvalue weighted by Gasteiger charge is 2.11. The number of rotatable bonds is 3. The third-order valence-corrected chi connectivity index (χ3v) is 4.01. The van der Waals surface area contributed by atoms with Crippen molar-refractivity contribution >= 4 is 17.2 Å². The summed E-state index contributed by atoms with van der Waals surface area (Å²) in [5, 5.41) is 4.76. The summed E-state index contributed by atoms with van der Waals surface area (Å²) in [6.45, 7) is 4.50. The first-order chi connectivity index (χ1) is 8.59. The molecule has 1 aromatic heterocycles. The zero-order chi connectivity index (χ0) is 13.1. The van der Waals surface area contributed by atoms with Crippen LogP contribution in [0.4, 0.5) is 4.39 Å². The second-order valence-electron chi connectivity index (χ2n) is 4.10. The van der Waals surface area contributed by atoms with Gasteiger partial charge in [-0.3, -0.25) is 4.79 Å². The van der Waals surface area contributed by atoms with Crippen LogP contribution in [0.2, 0.25) is 0 Å². The molecule has 18 heavy (non-hydrogen) atoms. The van der Waals surface area contributed by atoms with Crippen molar-refractivity contribution in [3.05, 3.63) is 57.0 Å². The first-order valence-electron chi connectivity index (χ1n) is 5.66. The van der Waals surface area contributed by atoms with Gasteiger partial charge in [-0.2, -0.15) is 0 Å². The lowest BCUT2D eigenvalue weighted by Crippen LogP contribution is -2.23. The Hall–Kier alpha value is -1.68. The average Bonchev–Trinajstić information content (AvgIpc) is 2.68. The average molecular weight is 263 g/mol. The molecule has 2 rings (SSSR count). The van der Waals surface area contributed by atoms with Gasteiger partial charge in [0, 0.05) is 11.4 Å². The summed E-state index contributed by atoms with van der Waals surface area (Å²) in [6, 6.07) is 5.99. The molecular formula is C14H14FNOS. The van der Waals surface area contributed by atoms with Crippen molar-refractivity contribution in [2.45, 2.75) is 20.4 Å². The number of carbonyl (C=O) groups is 1. The van der Waals surface area contributed by atoms with Crippen molar-refractivity contribution in [3.63, 3.8) is 0 Å². The van der Waals surface area contributed by atoms with E-state index in [1.165, 1.54) is 22.6 Å². The minimum Gasteiger partial charge on any atom is -0.348 e. The minimum absolute atomic E-state index is 0.0853. The van der Waals surface area contributed by atoms with E-state index >= 15 is 0 Å². The van der Waals surface area contributed by atoms with Gasteiger partial charge >= 0.3 is 0 Å². The molecule has 1 amide bonds. The molecule has 1 N–H and O–H groups in total. The molecule has 1 heterocycles. The molecular weight excluding hydrogens is 249 g/mol. The summed E-state index contributed by atoms with van der Waals surface area (Å²) in [7, 11) is 0. The van der Waals surface area contributed by atoms with Crippen LogP contribution in [0.25, 0.3) is 0 Å². The van der Waals surface area contributed by atoms with Gasteiger partial charge in [0.15, 0.2) is 0 Å². The molecule has 0 saturated carbocycles. The fourth-order valence-corrected chi connectivity index (χ4v) is 2.54. The predicted molar refractivity (Wildman–Crippen MR) is 71.4 cm³/mol. The first-order valence-corrected chi connectivity index (χ1v) is 6.54. The molecule has 0 unspecified atom stereocenters. The Balaban J connectivity index is 2.05. The molecule has 0 aliphatic carbocycles. The lowest BCUT2D eigenvalue weighted by atomic mass is 10.1. The van der Waals surface area contributed by atoms with Crippen molar-refractivity contribution in [3.8, 4) is 0 Å². The van der Waals surface area contributed by atoms with E-state index in [9.17, 15) is 9.18 Å². The Kier molecular flexibility index (Phi) is 3.77. The van der Waals surface area contributed by atoms with Gasteiger partial charge in [-0.25, -0.2) is 4.39 Å². The summed E-state index contributed by atoms with van der Waals surface area (Å²) < 4.78 is 13.4. The zero-order valence-electron chi connectivity index (χ0n) is 10.3. The van der Waals surface area contributed by atoms with E-state index in [0.29, 0.717) is 6.54 Å². The molecule has 0 fully saturated rings. The van der Waals surface area contributed by atoms with E-state index in [-0.39, 0.29) is 11.5 Å². The maximum absolute atomic E-state index is 13.4. The van der Waals surface area contributed by atoms with Gasteiger partial charge in [0.05, 0.1) is 5.56 Å². The third-order valence-electron chi connectivity index (χ3n) is 2.95. The van der Waals surface area contributed by atoms with Crippen molar-refractivity contribution < 1.29 is 9.18 Å². The molecule has 0 radical (unpaired) electrons. The lowest BCUT2D eigenvalue weighted by Gasteiger charge is -2.06. The number of aryl methyl sites for hydroxylation is 1.